The van der Waals surface area contributed by atoms with E-state index in [1.165, 1.54) is 5.56 Å². The minimum atomic E-state index is 0.637. The molecule has 1 aromatic carbocycles. The monoisotopic (exact) mass is 275 g/mol. The number of rotatable bonds is 2. The van der Waals surface area contributed by atoms with Crippen LogP contribution in [0, 0.1) is 6.92 Å². The number of hydrogen-bond acceptors (Lipinski definition) is 4. The van der Waals surface area contributed by atoms with Gasteiger partial charge in [-0.3, -0.25) is 4.98 Å². The summed E-state index contributed by atoms with van der Waals surface area (Å²) in [5.41, 5.74) is 4.13. The van der Waals surface area contributed by atoms with Gasteiger partial charge in [-0.2, -0.15) is 5.10 Å². The van der Waals surface area contributed by atoms with E-state index >= 15 is 0 Å². The van der Waals surface area contributed by atoms with Crippen molar-refractivity contribution in [1.82, 2.24) is 24.6 Å². The number of hydrogen-bond donors (Lipinski definition) is 0. The van der Waals surface area contributed by atoms with Crippen molar-refractivity contribution in [2.45, 2.75) is 13.3 Å². The second-order valence-electron chi connectivity index (χ2n) is 5.07. The molecule has 0 aliphatic carbocycles. The number of aromatic nitrogens is 5. The van der Waals surface area contributed by atoms with Crippen LogP contribution in [0.3, 0.4) is 0 Å². The number of fused-ring (bicyclic) bond motifs is 2. The average Bonchev–Trinajstić information content (AvgIpc) is 2.89. The summed E-state index contributed by atoms with van der Waals surface area (Å²) >= 11 is 0. The molecule has 0 spiro atoms. The first-order valence-corrected chi connectivity index (χ1v) is 6.79. The first kappa shape index (κ1) is 12.0. The minimum absolute atomic E-state index is 0.637. The molecule has 4 aromatic rings. The van der Waals surface area contributed by atoms with E-state index in [-0.39, 0.29) is 0 Å². The summed E-state index contributed by atoms with van der Waals surface area (Å²) in [7, 11) is 0. The number of benzene rings is 1. The quantitative estimate of drug-likeness (QED) is 0.564. The summed E-state index contributed by atoms with van der Waals surface area (Å²) in [4.78, 5) is 12.9. The summed E-state index contributed by atoms with van der Waals surface area (Å²) < 4.78 is 1.81. The Hall–Kier alpha value is -2.82. The highest BCUT2D eigenvalue weighted by molar-refractivity contribution is 5.79. The Labute approximate surface area is 121 Å². The maximum atomic E-state index is 4.47. The fraction of sp³-hybridized carbons (Fsp3) is 0.125. The Morgan fingerprint density at radius 3 is 2.90 bits per heavy atom. The van der Waals surface area contributed by atoms with Crippen molar-refractivity contribution < 1.29 is 0 Å². The van der Waals surface area contributed by atoms with Crippen LogP contribution in [0.5, 0.6) is 0 Å². The zero-order valence-corrected chi connectivity index (χ0v) is 11.6. The van der Waals surface area contributed by atoms with Crippen LogP contribution in [-0.2, 0) is 6.42 Å². The molecule has 21 heavy (non-hydrogen) atoms. The van der Waals surface area contributed by atoms with E-state index in [9.17, 15) is 0 Å². The Morgan fingerprint density at radius 2 is 1.95 bits per heavy atom. The van der Waals surface area contributed by atoms with E-state index in [1.807, 2.05) is 36.0 Å². The lowest BCUT2D eigenvalue weighted by Gasteiger charge is -2.03. The van der Waals surface area contributed by atoms with Gasteiger partial charge in [0.15, 0.2) is 0 Å². The van der Waals surface area contributed by atoms with Gasteiger partial charge in [-0.15, -0.1) is 0 Å². The third kappa shape index (κ3) is 2.12. The second kappa shape index (κ2) is 4.63. The van der Waals surface area contributed by atoms with Gasteiger partial charge in [0.2, 0.25) is 0 Å². The molecule has 0 aliphatic rings. The predicted octanol–water partition coefficient (Wildman–Crippen LogP) is 2.57. The molecule has 0 amide bonds. The number of nitrogens with zero attached hydrogens (tertiary/aromatic N) is 5. The first-order valence-electron chi connectivity index (χ1n) is 6.79. The van der Waals surface area contributed by atoms with Crippen molar-refractivity contribution in [2.75, 3.05) is 0 Å². The highest BCUT2D eigenvalue weighted by atomic mass is 15.3. The van der Waals surface area contributed by atoms with E-state index in [4.69, 9.17) is 0 Å². The predicted molar refractivity (Wildman–Crippen MR) is 80.1 cm³/mol. The van der Waals surface area contributed by atoms with Gasteiger partial charge in [0.25, 0.3) is 5.78 Å². The zero-order valence-electron chi connectivity index (χ0n) is 11.6. The average molecular weight is 275 g/mol. The highest BCUT2D eigenvalue weighted by Gasteiger charge is 2.07. The van der Waals surface area contributed by atoms with Crippen molar-refractivity contribution in [1.29, 1.82) is 0 Å². The Balaban J connectivity index is 1.77. The summed E-state index contributed by atoms with van der Waals surface area (Å²) in [6.07, 6.45) is 6.14. The largest absolute Gasteiger partial charge is 0.256 e. The van der Waals surface area contributed by atoms with E-state index in [1.54, 1.807) is 6.20 Å². The molecule has 0 radical (unpaired) electrons. The standard InChI is InChI=1S/C16H13N5/c1-11-9-18-16-19-10-14(21(16)20-11)8-12-4-5-15-13(7-12)3-2-6-17-15/h2-7,9-10H,8H2,1H3. The third-order valence-electron chi connectivity index (χ3n) is 3.47. The first-order chi connectivity index (χ1) is 10.3. The SMILES string of the molecule is Cc1cnc2ncc(Cc3ccc4ncccc4c3)n2n1. The van der Waals surface area contributed by atoms with Gasteiger partial charge >= 0.3 is 0 Å². The molecule has 5 heteroatoms. The van der Waals surface area contributed by atoms with E-state index in [0.29, 0.717) is 5.78 Å². The van der Waals surface area contributed by atoms with Crippen LogP contribution in [0.1, 0.15) is 17.0 Å². The Bertz CT molecular complexity index is 942. The highest BCUT2D eigenvalue weighted by Crippen LogP contribution is 2.16. The van der Waals surface area contributed by atoms with Crippen LogP contribution in [0.2, 0.25) is 0 Å². The van der Waals surface area contributed by atoms with Crippen LogP contribution >= 0.6 is 0 Å². The lowest BCUT2D eigenvalue weighted by atomic mass is 10.1. The van der Waals surface area contributed by atoms with Gasteiger partial charge < -0.3 is 0 Å². The maximum Gasteiger partial charge on any atom is 0.250 e. The van der Waals surface area contributed by atoms with Gasteiger partial charge in [0, 0.05) is 18.0 Å². The molecule has 0 unspecified atom stereocenters. The number of aryl methyl sites for hydroxylation is 1. The smallest absolute Gasteiger partial charge is 0.250 e. The molecule has 3 heterocycles. The Morgan fingerprint density at radius 1 is 1.05 bits per heavy atom. The van der Waals surface area contributed by atoms with Gasteiger partial charge in [-0.05, 0) is 30.7 Å². The summed E-state index contributed by atoms with van der Waals surface area (Å²) in [5, 5.41) is 5.62. The molecule has 0 atom stereocenters. The van der Waals surface area contributed by atoms with Crippen LogP contribution in [0.4, 0.5) is 0 Å². The van der Waals surface area contributed by atoms with Crippen molar-refractivity contribution in [2.24, 2.45) is 0 Å². The molecule has 5 nitrogen and oxygen atoms in total. The molecular weight excluding hydrogens is 262 g/mol. The number of pyridine rings is 1. The second-order valence-corrected chi connectivity index (χ2v) is 5.07. The van der Waals surface area contributed by atoms with Crippen LogP contribution in [0.25, 0.3) is 16.7 Å². The molecule has 0 aliphatic heterocycles. The summed E-state index contributed by atoms with van der Waals surface area (Å²) in [5.74, 6) is 0.637. The molecule has 0 bridgehead atoms. The van der Waals surface area contributed by atoms with Gasteiger partial charge in [-0.25, -0.2) is 14.5 Å². The Kier molecular flexibility index (Phi) is 2.64. The fourth-order valence-corrected chi connectivity index (χ4v) is 2.47. The van der Waals surface area contributed by atoms with Crippen molar-refractivity contribution in [3.8, 4) is 0 Å². The fourth-order valence-electron chi connectivity index (χ4n) is 2.47. The molecule has 4 rings (SSSR count). The van der Waals surface area contributed by atoms with E-state index < -0.39 is 0 Å². The van der Waals surface area contributed by atoms with Gasteiger partial charge in [-0.1, -0.05) is 12.1 Å². The van der Waals surface area contributed by atoms with Crippen molar-refractivity contribution >= 4 is 16.7 Å². The molecule has 3 aromatic heterocycles. The van der Waals surface area contributed by atoms with Crippen LogP contribution < -0.4 is 0 Å². The molecule has 0 fully saturated rings. The summed E-state index contributed by atoms with van der Waals surface area (Å²) in [6.45, 7) is 1.93. The van der Waals surface area contributed by atoms with Gasteiger partial charge in [0.05, 0.1) is 29.3 Å². The topological polar surface area (TPSA) is 56.0 Å². The third-order valence-corrected chi connectivity index (χ3v) is 3.47. The minimum Gasteiger partial charge on any atom is -0.256 e. The maximum absolute atomic E-state index is 4.47. The van der Waals surface area contributed by atoms with E-state index in [2.05, 4.69) is 38.2 Å². The molecular formula is C16H13N5. The van der Waals surface area contributed by atoms with Crippen molar-refractivity contribution in [3.63, 3.8) is 0 Å². The van der Waals surface area contributed by atoms with E-state index in [0.717, 1.165) is 28.7 Å². The lowest BCUT2D eigenvalue weighted by Crippen LogP contribution is -2.01. The van der Waals surface area contributed by atoms with Crippen LogP contribution in [0.15, 0.2) is 48.9 Å². The molecule has 0 saturated heterocycles. The number of imidazole rings is 1. The molecule has 102 valence electrons. The van der Waals surface area contributed by atoms with Crippen molar-refractivity contribution in [3.05, 3.63) is 65.9 Å². The summed E-state index contributed by atoms with van der Waals surface area (Å²) in [6, 6.07) is 10.3. The molecule has 0 N–H and O–H groups in total. The normalized spacial score (nSPS) is 11.3. The molecule has 0 saturated carbocycles. The zero-order chi connectivity index (χ0) is 14.2. The van der Waals surface area contributed by atoms with Crippen LogP contribution in [-0.4, -0.2) is 24.6 Å². The lowest BCUT2D eigenvalue weighted by molar-refractivity contribution is 0.824. The van der Waals surface area contributed by atoms with Gasteiger partial charge in [0.1, 0.15) is 0 Å².